The highest BCUT2D eigenvalue weighted by molar-refractivity contribution is 5.79. The maximum absolute atomic E-state index is 12.0. The molecule has 1 heterocycles. The number of carbonyl (C=O) groups excluding carboxylic acids is 1. The third-order valence-electron chi connectivity index (χ3n) is 3.85. The molecule has 1 fully saturated rings. The molecule has 4 heteroatoms. The molecule has 106 valence electrons. The van der Waals surface area contributed by atoms with Gasteiger partial charge in [0.15, 0.2) is 0 Å². The third kappa shape index (κ3) is 4.25. The Morgan fingerprint density at radius 2 is 1.89 bits per heavy atom. The molecule has 1 saturated heterocycles. The van der Waals surface area contributed by atoms with Crippen LogP contribution in [-0.4, -0.2) is 49.1 Å². The van der Waals surface area contributed by atoms with Crippen LogP contribution in [0.3, 0.4) is 0 Å². The van der Waals surface area contributed by atoms with Crippen LogP contribution in [-0.2, 0) is 4.79 Å². The SMILES string of the molecule is CC1CNCC1C(=O)NCCN(C(C)C)C(C)C. The van der Waals surface area contributed by atoms with Crippen LogP contribution in [0.15, 0.2) is 0 Å². The van der Waals surface area contributed by atoms with Crippen LogP contribution < -0.4 is 10.6 Å². The van der Waals surface area contributed by atoms with Gasteiger partial charge in [-0.25, -0.2) is 0 Å². The van der Waals surface area contributed by atoms with Crippen molar-refractivity contribution in [3.8, 4) is 0 Å². The molecule has 0 radical (unpaired) electrons. The number of hydrogen-bond donors (Lipinski definition) is 2. The molecule has 1 aliphatic heterocycles. The third-order valence-corrected chi connectivity index (χ3v) is 3.85. The first-order valence-corrected chi connectivity index (χ1v) is 7.17. The number of nitrogens with one attached hydrogen (secondary N) is 2. The smallest absolute Gasteiger partial charge is 0.224 e. The molecule has 4 nitrogen and oxygen atoms in total. The zero-order valence-electron chi connectivity index (χ0n) is 12.5. The van der Waals surface area contributed by atoms with E-state index in [1.807, 2.05) is 0 Å². The highest BCUT2D eigenvalue weighted by atomic mass is 16.1. The van der Waals surface area contributed by atoms with Gasteiger partial charge in [-0.3, -0.25) is 9.69 Å². The lowest BCUT2D eigenvalue weighted by Crippen LogP contribution is -2.44. The number of hydrogen-bond acceptors (Lipinski definition) is 3. The van der Waals surface area contributed by atoms with Gasteiger partial charge in [0.05, 0.1) is 5.92 Å². The summed E-state index contributed by atoms with van der Waals surface area (Å²) in [5.41, 5.74) is 0. The Hall–Kier alpha value is -0.610. The molecule has 0 aromatic heterocycles. The van der Waals surface area contributed by atoms with E-state index in [-0.39, 0.29) is 11.8 Å². The average Bonchev–Trinajstić information content (AvgIpc) is 2.69. The maximum Gasteiger partial charge on any atom is 0.224 e. The van der Waals surface area contributed by atoms with Gasteiger partial charge >= 0.3 is 0 Å². The molecular weight excluding hydrogens is 226 g/mol. The molecule has 0 bridgehead atoms. The number of amides is 1. The molecule has 1 amide bonds. The normalized spacial score (nSPS) is 24.2. The standard InChI is InChI=1S/C14H29N3O/c1-10(2)17(11(3)4)7-6-16-14(18)13-9-15-8-12(13)5/h10-13,15H,6-9H2,1-5H3,(H,16,18). The van der Waals surface area contributed by atoms with Crippen LogP contribution >= 0.6 is 0 Å². The van der Waals surface area contributed by atoms with Crippen LogP contribution in [0.5, 0.6) is 0 Å². The second-order valence-corrected chi connectivity index (χ2v) is 5.96. The highest BCUT2D eigenvalue weighted by Crippen LogP contribution is 2.15. The monoisotopic (exact) mass is 255 g/mol. The highest BCUT2D eigenvalue weighted by Gasteiger charge is 2.29. The van der Waals surface area contributed by atoms with Gasteiger partial charge in [0.25, 0.3) is 0 Å². The molecule has 18 heavy (non-hydrogen) atoms. The fourth-order valence-electron chi connectivity index (χ4n) is 2.71. The minimum Gasteiger partial charge on any atom is -0.355 e. The molecule has 0 saturated carbocycles. The topological polar surface area (TPSA) is 44.4 Å². The van der Waals surface area contributed by atoms with E-state index in [1.54, 1.807) is 0 Å². The Morgan fingerprint density at radius 3 is 2.33 bits per heavy atom. The first-order chi connectivity index (χ1) is 8.43. The number of rotatable bonds is 6. The first-order valence-electron chi connectivity index (χ1n) is 7.17. The van der Waals surface area contributed by atoms with Crippen molar-refractivity contribution in [2.24, 2.45) is 11.8 Å². The molecule has 1 rings (SSSR count). The van der Waals surface area contributed by atoms with Crippen LogP contribution in [0.2, 0.25) is 0 Å². The minimum absolute atomic E-state index is 0.150. The van der Waals surface area contributed by atoms with Crippen molar-refractivity contribution >= 4 is 5.91 Å². The van der Waals surface area contributed by atoms with Gasteiger partial charge in [0, 0.05) is 31.7 Å². The lowest BCUT2D eigenvalue weighted by molar-refractivity contribution is -0.125. The molecule has 1 aliphatic rings. The lowest BCUT2D eigenvalue weighted by atomic mass is 9.97. The van der Waals surface area contributed by atoms with Crippen LogP contribution in [0.4, 0.5) is 0 Å². The van der Waals surface area contributed by atoms with Gasteiger partial charge in [-0.2, -0.15) is 0 Å². The predicted octanol–water partition coefficient (Wildman–Crippen LogP) is 1.08. The number of nitrogens with zero attached hydrogens (tertiary/aromatic N) is 1. The quantitative estimate of drug-likeness (QED) is 0.746. The van der Waals surface area contributed by atoms with Gasteiger partial charge in [0.1, 0.15) is 0 Å². The van der Waals surface area contributed by atoms with E-state index in [0.29, 0.717) is 18.0 Å². The Kier molecular flexibility index (Phi) is 6.09. The van der Waals surface area contributed by atoms with Crippen LogP contribution in [0, 0.1) is 11.8 Å². The van der Waals surface area contributed by atoms with Crippen molar-refractivity contribution in [1.29, 1.82) is 0 Å². The van der Waals surface area contributed by atoms with Gasteiger partial charge in [0.2, 0.25) is 5.91 Å². The summed E-state index contributed by atoms with van der Waals surface area (Å²) in [5, 5.41) is 6.34. The fourth-order valence-corrected chi connectivity index (χ4v) is 2.71. The van der Waals surface area contributed by atoms with Crippen molar-refractivity contribution in [3.05, 3.63) is 0 Å². The van der Waals surface area contributed by atoms with Crippen molar-refractivity contribution < 1.29 is 4.79 Å². The Balaban J connectivity index is 2.30. The first kappa shape index (κ1) is 15.4. The van der Waals surface area contributed by atoms with Crippen LogP contribution in [0.25, 0.3) is 0 Å². The molecular formula is C14H29N3O. The molecule has 2 unspecified atom stereocenters. The molecule has 0 spiro atoms. The second kappa shape index (κ2) is 7.10. The minimum atomic E-state index is 0.150. The maximum atomic E-state index is 12.0. The number of carbonyl (C=O) groups is 1. The largest absolute Gasteiger partial charge is 0.355 e. The molecule has 2 atom stereocenters. The zero-order valence-corrected chi connectivity index (χ0v) is 12.5. The molecule has 0 aromatic carbocycles. The van der Waals surface area contributed by atoms with Crippen molar-refractivity contribution in [1.82, 2.24) is 15.5 Å². The summed E-state index contributed by atoms with van der Waals surface area (Å²) < 4.78 is 0. The summed E-state index contributed by atoms with van der Waals surface area (Å²) in [7, 11) is 0. The average molecular weight is 255 g/mol. The lowest BCUT2D eigenvalue weighted by Gasteiger charge is -2.30. The van der Waals surface area contributed by atoms with E-state index in [2.05, 4.69) is 50.2 Å². The summed E-state index contributed by atoms with van der Waals surface area (Å²) in [6.45, 7) is 14.4. The van der Waals surface area contributed by atoms with Gasteiger partial charge in [-0.1, -0.05) is 6.92 Å². The van der Waals surface area contributed by atoms with Gasteiger partial charge in [-0.15, -0.1) is 0 Å². The van der Waals surface area contributed by atoms with E-state index in [1.165, 1.54) is 0 Å². The van der Waals surface area contributed by atoms with E-state index in [4.69, 9.17) is 0 Å². The molecule has 2 N–H and O–H groups in total. The van der Waals surface area contributed by atoms with Crippen LogP contribution in [0.1, 0.15) is 34.6 Å². The predicted molar refractivity (Wildman–Crippen MR) is 75.5 cm³/mol. The van der Waals surface area contributed by atoms with Gasteiger partial charge in [-0.05, 0) is 40.2 Å². The van der Waals surface area contributed by atoms with E-state index >= 15 is 0 Å². The van der Waals surface area contributed by atoms with E-state index in [0.717, 1.165) is 26.2 Å². The Bertz CT molecular complexity index is 258. The summed E-state index contributed by atoms with van der Waals surface area (Å²) in [6, 6.07) is 1.04. The summed E-state index contributed by atoms with van der Waals surface area (Å²) in [6.07, 6.45) is 0. The second-order valence-electron chi connectivity index (χ2n) is 5.96. The van der Waals surface area contributed by atoms with Crippen molar-refractivity contribution in [2.75, 3.05) is 26.2 Å². The van der Waals surface area contributed by atoms with E-state index < -0.39 is 0 Å². The van der Waals surface area contributed by atoms with Crippen molar-refractivity contribution in [2.45, 2.75) is 46.7 Å². The summed E-state index contributed by atoms with van der Waals surface area (Å²) >= 11 is 0. The fraction of sp³-hybridized carbons (Fsp3) is 0.929. The molecule has 0 aliphatic carbocycles. The van der Waals surface area contributed by atoms with E-state index in [9.17, 15) is 4.79 Å². The van der Waals surface area contributed by atoms with Crippen molar-refractivity contribution in [3.63, 3.8) is 0 Å². The van der Waals surface area contributed by atoms with Gasteiger partial charge < -0.3 is 10.6 Å². The Labute approximate surface area is 111 Å². The summed E-state index contributed by atoms with van der Waals surface area (Å²) in [4.78, 5) is 14.4. The summed E-state index contributed by atoms with van der Waals surface area (Å²) in [5.74, 6) is 0.813. The molecule has 0 aromatic rings. The zero-order chi connectivity index (χ0) is 13.7. The Morgan fingerprint density at radius 1 is 1.28 bits per heavy atom.